The van der Waals surface area contributed by atoms with Crippen molar-refractivity contribution >= 4 is 38.7 Å². The fraction of sp³-hybridized carbons (Fsp3) is 0.125. The summed E-state index contributed by atoms with van der Waals surface area (Å²) in [6.45, 7) is 1.42. The van der Waals surface area contributed by atoms with Crippen LogP contribution < -0.4 is 14.4 Å². The molecule has 0 spiro atoms. The Labute approximate surface area is 183 Å². The smallest absolute Gasteiger partial charge is 0.253 e. The van der Waals surface area contributed by atoms with Crippen molar-refractivity contribution in [2.24, 2.45) is 0 Å². The summed E-state index contributed by atoms with van der Waals surface area (Å²) < 4.78 is 12.3. The summed E-state index contributed by atoms with van der Waals surface area (Å²) in [5, 5.41) is 0.615. The quantitative estimate of drug-likeness (QED) is 0.430. The highest BCUT2D eigenvalue weighted by atomic mass is 32.1. The van der Waals surface area contributed by atoms with Crippen LogP contribution in [-0.4, -0.2) is 29.1 Å². The highest BCUT2D eigenvalue weighted by molar-refractivity contribution is 7.22. The lowest BCUT2D eigenvalue weighted by atomic mass is 10.2. The number of thiazole rings is 1. The number of pyridine rings is 1. The number of fused-ring (bicyclic) bond motifs is 2. The molecule has 0 unspecified atom stereocenters. The second-order valence-corrected chi connectivity index (χ2v) is 8.00. The highest BCUT2D eigenvalue weighted by Crippen LogP contribution is 2.39. The topological polar surface area (TPSA) is 64.6 Å². The van der Waals surface area contributed by atoms with E-state index in [9.17, 15) is 4.79 Å². The molecule has 0 atom stereocenters. The summed E-state index contributed by atoms with van der Waals surface area (Å²) in [4.78, 5) is 23.8. The van der Waals surface area contributed by atoms with Gasteiger partial charge in [-0.2, -0.15) is 0 Å². The number of aromatic nitrogens is 2. The molecule has 1 amide bonds. The molecular formula is C24H19N3O3S. The number of carbonyl (C=O) groups excluding carboxylic acids is 1. The largest absolute Gasteiger partial charge is 0.486 e. The van der Waals surface area contributed by atoms with Crippen molar-refractivity contribution in [3.05, 3.63) is 84.2 Å². The van der Waals surface area contributed by atoms with Crippen molar-refractivity contribution < 1.29 is 14.3 Å². The normalized spacial score (nSPS) is 12.9. The van der Waals surface area contributed by atoms with Gasteiger partial charge in [0.05, 0.1) is 16.8 Å². The molecule has 0 bridgehead atoms. The molecule has 2 aromatic carbocycles. The number of ether oxygens (including phenoxy) is 2. The number of carbonyl (C=O) groups is 1. The minimum absolute atomic E-state index is 0.149. The first-order chi connectivity index (χ1) is 15.3. The van der Waals surface area contributed by atoms with Crippen molar-refractivity contribution in [1.82, 2.24) is 9.97 Å². The minimum Gasteiger partial charge on any atom is -0.486 e. The van der Waals surface area contributed by atoms with Gasteiger partial charge in [-0.05, 0) is 23.3 Å². The van der Waals surface area contributed by atoms with Crippen LogP contribution in [0.25, 0.3) is 16.3 Å². The van der Waals surface area contributed by atoms with Gasteiger partial charge >= 0.3 is 0 Å². The average molecular weight is 430 g/mol. The van der Waals surface area contributed by atoms with Crippen LogP contribution in [-0.2, 0) is 11.3 Å². The zero-order chi connectivity index (χ0) is 21.0. The van der Waals surface area contributed by atoms with Crippen molar-refractivity contribution in [1.29, 1.82) is 0 Å². The predicted molar refractivity (Wildman–Crippen MR) is 122 cm³/mol. The van der Waals surface area contributed by atoms with Gasteiger partial charge in [-0.25, -0.2) is 4.98 Å². The molecule has 154 valence electrons. The Morgan fingerprint density at radius 2 is 1.87 bits per heavy atom. The second kappa shape index (κ2) is 8.57. The van der Waals surface area contributed by atoms with Crippen molar-refractivity contribution in [3.63, 3.8) is 0 Å². The molecule has 5 rings (SSSR count). The molecule has 6 nitrogen and oxygen atoms in total. The Morgan fingerprint density at radius 1 is 1.06 bits per heavy atom. The van der Waals surface area contributed by atoms with Gasteiger partial charge < -0.3 is 9.47 Å². The van der Waals surface area contributed by atoms with Crippen LogP contribution >= 0.6 is 11.3 Å². The summed E-state index contributed by atoms with van der Waals surface area (Å²) in [6, 6.07) is 17.3. The summed E-state index contributed by atoms with van der Waals surface area (Å²) in [5.41, 5.74) is 2.66. The Bertz CT molecular complexity index is 1200. The summed E-state index contributed by atoms with van der Waals surface area (Å²) in [7, 11) is 0. The SMILES string of the molecule is O=C(C=Cc1ccccc1)N(Cc1cccnc1)c1nc2cc3c(cc2s1)OCCO3. The first-order valence-corrected chi connectivity index (χ1v) is 10.7. The fourth-order valence-electron chi connectivity index (χ4n) is 3.30. The number of anilines is 1. The maximum atomic E-state index is 13.2. The molecule has 0 N–H and O–H groups in total. The Balaban J connectivity index is 1.50. The van der Waals surface area contributed by atoms with Crippen LogP contribution in [0.5, 0.6) is 11.5 Å². The van der Waals surface area contributed by atoms with Crippen molar-refractivity contribution in [2.75, 3.05) is 18.1 Å². The third-order valence-corrected chi connectivity index (χ3v) is 5.86. The number of amides is 1. The van der Waals surface area contributed by atoms with Gasteiger partial charge in [0.1, 0.15) is 13.2 Å². The van der Waals surface area contributed by atoms with Crippen LogP contribution in [0.2, 0.25) is 0 Å². The van der Waals surface area contributed by atoms with Gasteiger partial charge in [0.2, 0.25) is 0 Å². The second-order valence-electron chi connectivity index (χ2n) is 6.99. The first-order valence-electron chi connectivity index (χ1n) is 9.90. The lowest BCUT2D eigenvalue weighted by Crippen LogP contribution is -2.28. The van der Waals surface area contributed by atoms with E-state index < -0.39 is 0 Å². The molecule has 3 heterocycles. The van der Waals surface area contributed by atoms with Crippen LogP contribution in [0.3, 0.4) is 0 Å². The van der Waals surface area contributed by atoms with E-state index in [-0.39, 0.29) is 5.91 Å². The Morgan fingerprint density at radius 3 is 2.65 bits per heavy atom. The fourth-order valence-corrected chi connectivity index (χ4v) is 4.28. The molecule has 0 aliphatic carbocycles. The highest BCUT2D eigenvalue weighted by Gasteiger charge is 2.21. The monoisotopic (exact) mass is 429 g/mol. The Hall–Kier alpha value is -3.71. The molecule has 31 heavy (non-hydrogen) atoms. The third-order valence-electron chi connectivity index (χ3n) is 4.82. The van der Waals surface area contributed by atoms with E-state index >= 15 is 0 Å². The number of hydrogen-bond acceptors (Lipinski definition) is 6. The molecule has 7 heteroatoms. The maximum absolute atomic E-state index is 13.2. The molecule has 1 aliphatic rings. The van der Waals surface area contributed by atoms with E-state index in [1.54, 1.807) is 23.4 Å². The summed E-state index contributed by atoms with van der Waals surface area (Å²) >= 11 is 1.45. The van der Waals surface area contributed by atoms with E-state index in [2.05, 4.69) is 4.98 Å². The zero-order valence-corrected chi connectivity index (χ0v) is 17.4. The standard InChI is InChI=1S/C24H19N3O3S/c28-23(9-8-17-5-2-1-3-6-17)27(16-18-7-4-10-25-15-18)24-26-19-13-20-21(14-22(19)31-24)30-12-11-29-20/h1-10,13-15H,11-12,16H2. The van der Waals surface area contributed by atoms with Crippen molar-refractivity contribution in [2.45, 2.75) is 6.54 Å². The molecule has 1 aliphatic heterocycles. The minimum atomic E-state index is -0.149. The molecular weight excluding hydrogens is 410 g/mol. The molecule has 0 saturated heterocycles. The number of hydrogen-bond donors (Lipinski definition) is 0. The first kappa shape index (κ1) is 19.3. The number of nitrogens with zero attached hydrogens (tertiary/aromatic N) is 3. The van der Waals surface area contributed by atoms with Crippen molar-refractivity contribution in [3.8, 4) is 11.5 Å². The molecule has 0 radical (unpaired) electrons. The van der Waals surface area contributed by atoms with Crippen LogP contribution in [0, 0.1) is 0 Å². The van der Waals surface area contributed by atoms with Gasteiger partial charge in [0.15, 0.2) is 16.6 Å². The number of rotatable bonds is 5. The third kappa shape index (κ3) is 4.27. The van der Waals surface area contributed by atoms with E-state index in [0.29, 0.717) is 36.4 Å². The Kier molecular flexibility index (Phi) is 5.33. The van der Waals surface area contributed by atoms with Gasteiger partial charge in [-0.15, -0.1) is 0 Å². The lowest BCUT2D eigenvalue weighted by Gasteiger charge is -2.18. The van der Waals surface area contributed by atoms with Gasteiger partial charge in [0, 0.05) is 30.6 Å². The average Bonchev–Trinajstić information content (AvgIpc) is 3.23. The van der Waals surface area contributed by atoms with Crippen LogP contribution in [0.15, 0.2) is 73.1 Å². The molecule has 4 aromatic rings. The van der Waals surface area contributed by atoms with Crippen LogP contribution in [0.4, 0.5) is 5.13 Å². The summed E-state index contributed by atoms with van der Waals surface area (Å²) in [6.07, 6.45) is 6.86. The lowest BCUT2D eigenvalue weighted by molar-refractivity contribution is -0.114. The van der Waals surface area contributed by atoms with E-state index in [1.807, 2.05) is 60.7 Å². The molecule has 2 aromatic heterocycles. The number of benzene rings is 2. The van der Waals surface area contributed by atoms with Gasteiger partial charge in [-0.1, -0.05) is 47.7 Å². The molecule has 0 saturated carbocycles. The van der Waals surface area contributed by atoms with E-state index in [1.165, 1.54) is 11.3 Å². The zero-order valence-electron chi connectivity index (χ0n) is 16.6. The van der Waals surface area contributed by atoms with Gasteiger partial charge in [-0.3, -0.25) is 14.7 Å². The predicted octanol–water partition coefficient (Wildman–Crippen LogP) is 4.71. The molecule has 0 fully saturated rings. The van der Waals surface area contributed by atoms with E-state index in [4.69, 9.17) is 14.5 Å². The van der Waals surface area contributed by atoms with Gasteiger partial charge in [0.25, 0.3) is 5.91 Å². The van der Waals surface area contributed by atoms with E-state index in [0.717, 1.165) is 21.3 Å². The van der Waals surface area contributed by atoms with Crippen LogP contribution in [0.1, 0.15) is 11.1 Å². The maximum Gasteiger partial charge on any atom is 0.253 e. The summed E-state index contributed by atoms with van der Waals surface area (Å²) in [5.74, 6) is 1.25.